The Morgan fingerprint density at radius 3 is 2.44 bits per heavy atom. The van der Waals surface area contributed by atoms with Crippen molar-refractivity contribution in [3.63, 3.8) is 0 Å². The number of ether oxygens (including phenoxy) is 2. The molecule has 1 amide bonds. The van der Waals surface area contributed by atoms with Crippen LogP contribution in [-0.4, -0.2) is 51.4 Å². The van der Waals surface area contributed by atoms with Crippen LogP contribution in [0.5, 0.6) is 5.75 Å². The van der Waals surface area contributed by atoms with Gasteiger partial charge in [-0.25, -0.2) is 14.5 Å². The van der Waals surface area contributed by atoms with Crippen LogP contribution in [0.15, 0.2) is 67.0 Å². The molecule has 0 aliphatic carbocycles. The summed E-state index contributed by atoms with van der Waals surface area (Å²) in [6.45, 7) is 0.654. The van der Waals surface area contributed by atoms with E-state index < -0.39 is 23.8 Å². The Morgan fingerprint density at radius 2 is 1.77 bits per heavy atom. The fourth-order valence-corrected chi connectivity index (χ4v) is 4.62. The van der Waals surface area contributed by atoms with Crippen LogP contribution in [0, 0.1) is 0 Å². The Morgan fingerprint density at radius 1 is 1.05 bits per heavy atom. The number of alkyl halides is 3. The number of carbonyl (C=O) groups excluding carboxylic acids is 2. The summed E-state index contributed by atoms with van der Waals surface area (Å²) in [6, 6.07) is 14.8. The smallest absolute Gasteiger partial charge is 0.491 e. The number of nitrogens with two attached hydrogens (primary N) is 1. The van der Waals surface area contributed by atoms with Crippen LogP contribution in [-0.2, 0) is 39.6 Å². The largest absolute Gasteiger partial charge is 0.497 e. The topological polar surface area (TPSA) is 113 Å². The second kappa shape index (κ2) is 10.0. The van der Waals surface area contributed by atoms with Crippen molar-refractivity contribution in [3.8, 4) is 5.75 Å². The average molecular weight is 540 g/mol. The first kappa shape index (κ1) is 26.2. The van der Waals surface area contributed by atoms with Gasteiger partial charge < -0.3 is 14.4 Å². The number of nitrogens with zero attached hydrogens (tertiary/aromatic N) is 4. The van der Waals surface area contributed by atoms with Crippen molar-refractivity contribution in [1.29, 1.82) is 0 Å². The van der Waals surface area contributed by atoms with E-state index >= 15 is 0 Å². The summed E-state index contributed by atoms with van der Waals surface area (Å²) >= 11 is 0. The highest BCUT2D eigenvalue weighted by Gasteiger charge is 2.50. The number of esters is 1. The summed E-state index contributed by atoms with van der Waals surface area (Å²) in [5, 5.41) is 5.31. The molecule has 9 nitrogen and oxygen atoms in total. The summed E-state index contributed by atoms with van der Waals surface area (Å²) in [4.78, 5) is 31.1. The lowest BCUT2D eigenvalue weighted by molar-refractivity contribution is -0.217. The van der Waals surface area contributed by atoms with Crippen molar-refractivity contribution >= 4 is 22.9 Å². The van der Waals surface area contributed by atoms with Crippen LogP contribution < -0.4 is 10.5 Å². The first-order chi connectivity index (χ1) is 18.6. The molecular weight excluding hydrogens is 515 g/mol. The number of benzene rings is 2. The van der Waals surface area contributed by atoms with Crippen molar-refractivity contribution < 1.29 is 32.2 Å². The third-order valence-corrected chi connectivity index (χ3v) is 6.64. The molecule has 12 heteroatoms. The predicted molar refractivity (Wildman–Crippen MR) is 133 cm³/mol. The zero-order valence-corrected chi connectivity index (χ0v) is 20.8. The highest BCUT2D eigenvalue weighted by molar-refractivity contribution is 5.90. The number of amides is 1. The van der Waals surface area contributed by atoms with Gasteiger partial charge in [0.15, 0.2) is 5.65 Å². The van der Waals surface area contributed by atoms with E-state index in [4.69, 9.17) is 10.5 Å². The summed E-state index contributed by atoms with van der Waals surface area (Å²) in [7, 11) is 1.60. The van der Waals surface area contributed by atoms with Crippen LogP contribution in [0.1, 0.15) is 22.3 Å². The van der Waals surface area contributed by atoms with Gasteiger partial charge in [0.1, 0.15) is 5.75 Å². The third-order valence-electron chi connectivity index (χ3n) is 6.64. The molecule has 0 fully saturated rings. The minimum absolute atomic E-state index is 0.0239. The number of halogens is 3. The Labute approximate surface area is 220 Å². The molecule has 2 aromatic heterocycles. The highest BCUT2D eigenvalue weighted by Crippen LogP contribution is 2.31. The quantitative estimate of drug-likeness (QED) is 0.296. The van der Waals surface area contributed by atoms with Gasteiger partial charge in [0.05, 0.1) is 19.9 Å². The number of fused-ring (bicyclic) bond motifs is 3. The van der Waals surface area contributed by atoms with Gasteiger partial charge in [-0.15, -0.1) is 0 Å². The summed E-state index contributed by atoms with van der Waals surface area (Å²) in [6.07, 6.45) is -1.61. The lowest BCUT2D eigenvalue weighted by Crippen LogP contribution is -2.57. The van der Waals surface area contributed by atoms with E-state index in [0.29, 0.717) is 24.2 Å². The molecular formula is C27H24F3N5O4. The van der Waals surface area contributed by atoms with Gasteiger partial charge in [0, 0.05) is 30.2 Å². The lowest BCUT2D eigenvalue weighted by atomic mass is 9.96. The maximum absolute atomic E-state index is 13.5. The standard InChI is InChI=1S/C27H24F3N5O4/c1-38-20-9-7-17(8-10-20)15-35-23-22(14-33-35)21-11-12-34(16-18(21)13-32-23)24(36)26(31,19-5-3-2-4-6-19)39-25(37)27(28,29)30/h2-10,13-14H,11-12,15-16,31H2,1H3/t26-/m0/s1. The number of carbonyl (C=O) groups is 2. The van der Waals surface area contributed by atoms with Crippen LogP contribution in [0.2, 0.25) is 0 Å². The molecule has 1 aliphatic heterocycles. The van der Waals surface area contributed by atoms with Gasteiger partial charge in [-0.3, -0.25) is 10.5 Å². The first-order valence-electron chi connectivity index (χ1n) is 12.0. The van der Waals surface area contributed by atoms with Crippen molar-refractivity contribution in [2.45, 2.75) is 31.4 Å². The maximum atomic E-state index is 13.5. The number of methoxy groups -OCH3 is 1. The number of aromatic nitrogens is 3. The van der Waals surface area contributed by atoms with E-state index in [-0.39, 0.29) is 18.7 Å². The monoisotopic (exact) mass is 539 g/mol. The van der Waals surface area contributed by atoms with Gasteiger partial charge in [0.2, 0.25) is 0 Å². The molecule has 0 radical (unpaired) electrons. The van der Waals surface area contributed by atoms with E-state index in [1.165, 1.54) is 29.2 Å². The van der Waals surface area contributed by atoms with Crippen LogP contribution in [0.4, 0.5) is 13.2 Å². The Kier molecular flexibility index (Phi) is 6.73. The normalized spacial score (nSPS) is 14.9. The van der Waals surface area contributed by atoms with Crippen molar-refractivity contribution in [2.24, 2.45) is 5.73 Å². The molecule has 39 heavy (non-hydrogen) atoms. The van der Waals surface area contributed by atoms with Crippen molar-refractivity contribution in [1.82, 2.24) is 19.7 Å². The van der Waals surface area contributed by atoms with Gasteiger partial charge in [-0.2, -0.15) is 18.3 Å². The zero-order valence-electron chi connectivity index (χ0n) is 20.8. The Hall–Kier alpha value is -4.45. The molecule has 202 valence electrons. The molecule has 2 aromatic carbocycles. The number of rotatable bonds is 6. The SMILES string of the molecule is COc1ccc(Cn2ncc3c4c(cnc32)CN(C(=O)[C@@](N)(OC(=O)C(F)(F)F)c2ccccc2)CC4)cc1. The second-order valence-electron chi connectivity index (χ2n) is 9.12. The molecule has 2 N–H and O–H groups in total. The van der Waals surface area contributed by atoms with Crippen LogP contribution in [0.25, 0.3) is 11.0 Å². The molecule has 3 heterocycles. The van der Waals surface area contributed by atoms with Gasteiger partial charge in [0.25, 0.3) is 11.6 Å². The van der Waals surface area contributed by atoms with Gasteiger partial charge in [-0.05, 0) is 35.2 Å². The number of pyridine rings is 1. The lowest BCUT2D eigenvalue weighted by Gasteiger charge is -2.36. The van der Waals surface area contributed by atoms with E-state index in [1.54, 1.807) is 30.3 Å². The molecule has 1 aliphatic rings. The van der Waals surface area contributed by atoms with Crippen LogP contribution >= 0.6 is 0 Å². The maximum Gasteiger partial charge on any atom is 0.491 e. The zero-order chi connectivity index (χ0) is 27.8. The molecule has 0 bridgehead atoms. The average Bonchev–Trinajstić information content (AvgIpc) is 3.35. The minimum atomic E-state index is -5.32. The summed E-state index contributed by atoms with van der Waals surface area (Å²) in [5.41, 5.74) is 6.69. The van der Waals surface area contributed by atoms with E-state index in [9.17, 15) is 22.8 Å². The second-order valence-corrected chi connectivity index (χ2v) is 9.12. The molecule has 4 aromatic rings. The van der Waals surface area contributed by atoms with Gasteiger partial charge >= 0.3 is 12.1 Å². The molecule has 0 saturated heterocycles. The molecule has 0 saturated carbocycles. The molecule has 1 atom stereocenters. The predicted octanol–water partition coefficient (Wildman–Crippen LogP) is 3.29. The molecule has 0 spiro atoms. The van der Waals surface area contributed by atoms with Gasteiger partial charge in [-0.1, -0.05) is 42.5 Å². The number of hydrogen-bond acceptors (Lipinski definition) is 7. The fourth-order valence-electron chi connectivity index (χ4n) is 4.62. The fraction of sp³-hybridized carbons (Fsp3) is 0.259. The van der Waals surface area contributed by atoms with Crippen molar-refractivity contribution in [2.75, 3.05) is 13.7 Å². The minimum Gasteiger partial charge on any atom is -0.497 e. The molecule has 5 rings (SSSR count). The Bertz CT molecular complexity index is 1520. The summed E-state index contributed by atoms with van der Waals surface area (Å²) in [5.74, 6) is -2.77. The first-order valence-corrected chi connectivity index (χ1v) is 12.0. The van der Waals surface area contributed by atoms with E-state index in [1.807, 2.05) is 24.3 Å². The van der Waals surface area contributed by atoms with E-state index in [2.05, 4.69) is 14.8 Å². The van der Waals surface area contributed by atoms with Crippen molar-refractivity contribution in [3.05, 3.63) is 89.2 Å². The summed E-state index contributed by atoms with van der Waals surface area (Å²) < 4.78 is 50.7. The highest BCUT2D eigenvalue weighted by atomic mass is 19.4. The molecule has 0 unspecified atom stereocenters. The Balaban J connectivity index is 1.41. The van der Waals surface area contributed by atoms with Crippen LogP contribution in [0.3, 0.4) is 0 Å². The third kappa shape index (κ3) is 5.02. The van der Waals surface area contributed by atoms with E-state index in [0.717, 1.165) is 22.3 Å². The number of hydrogen-bond donors (Lipinski definition) is 1.